The van der Waals surface area contributed by atoms with Gasteiger partial charge in [0.1, 0.15) is 18.8 Å². The van der Waals surface area contributed by atoms with E-state index in [4.69, 9.17) is 13.9 Å². The predicted molar refractivity (Wildman–Crippen MR) is 128 cm³/mol. The average molecular weight is 492 g/mol. The fourth-order valence-corrected chi connectivity index (χ4v) is 4.98. The molecular formula is C24H30FN3O5S. The number of halogens is 1. The number of methoxy groups -OCH3 is 1. The van der Waals surface area contributed by atoms with Crippen molar-refractivity contribution in [1.82, 2.24) is 9.88 Å². The molecule has 0 unspecified atom stereocenters. The van der Waals surface area contributed by atoms with Gasteiger partial charge >= 0.3 is 0 Å². The quantitative estimate of drug-likeness (QED) is 0.454. The maximum Gasteiger partial charge on any atom is 0.295 e. The summed E-state index contributed by atoms with van der Waals surface area (Å²) in [5, 5.41) is 3.35. The van der Waals surface area contributed by atoms with Crippen molar-refractivity contribution in [2.75, 3.05) is 44.6 Å². The van der Waals surface area contributed by atoms with E-state index >= 15 is 0 Å². The second kappa shape index (κ2) is 10.6. The number of benzene rings is 2. The molecule has 0 aliphatic carbocycles. The number of ether oxygens (including phenoxy) is 2. The van der Waals surface area contributed by atoms with Crippen LogP contribution in [0.5, 0.6) is 11.5 Å². The minimum atomic E-state index is -3.29. The van der Waals surface area contributed by atoms with Crippen LogP contribution in [0, 0.1) is 0 Å². The van der Waals surface area contributed by atoms with E-state index < -0.39 is 16.5 Å². The normalized spacial score (nSPS) is 15.5. The van der Waals surface area contributed by atoms with Gasteiger partial charge in [0.2, 0.25) is 0 Å². The SMILES string of the molecule is CCS(=O)(=O)c1ccc2oc(NC3CCN(Cc4ccc(OC)c(OCCF)c4)CC3)nc2c1. The van der Waals surface area contributed by atoms with Crippen molar-refractivity contribution in [2.24, 2.45) is 0 Å². The summed E-state index contributed by atoms with van der Waals surface area (Å²) in [4.78, 5) is 7.06. The van der Waals surface area contributed by atoms with Crippen LogP contribution in [0.4, 0.5) is 10.4 Å². The maximum atomic E-state index is 12.5. The molecule has 2 aromatic carbocycles. The fourth-order valence-electron chi connectivity index (χ4n) is 4.08. The number of aromatic nitrogens is 1. The fraction of sp³-hybridized carbons (Fsp3) is 0.458. The Balaban J connectivity index is 1.34. The number of piperidine rings is 1. The lowest BCUT2D eigenvalue weighted by Gasteiger charge is -2.32. The van der Waals surface area contributed by atoms with Crippen LogP contribution >= 0.6 is 0 Å². The second-order valence-corrected chi connectivity index (χ2v) is 10.5. The first-order valence-corrected chi connectivity index (χ1v) is 13.0. The molecule has 2 heterocycles. The standard InChI is InChI=1S/C24H30FN3O5S/c1-3-34(29,30)19-5-7-21-20(15-19)27-24(33-21)26-18-8-11-28(12-9-18)16-17-4-6-22(31-2)23(14-17)32-13-10-25/h4-7,14-15,18H,3,8-13,16H2,1-2H3,(H,26,27). The van der Waals surface area contributed by atoms with Crippen molar-refractivity contribution >= 4 is 27.0 Å². The number of rotatable bonds is 10. The minimum Gasteiger partial charge on any atom is -0.493 e. The Kier molecular flexibility index (Phi) is 7.57. The monoisotopic (exact) mass is 491 g/mol. The third-order valence-electron chi connectivity index (χ3n) is 5.98. The van der Waals surface area contributed by atoms with Crippen LogP contribution in [-0.4, -0.2) is 63.6 Å². The van der Waals surface area contributed by atoms with E-state index in [9.17, 15) is 12.8 Å². The molecule has 1 aromatic heterocycles. The van der Waals surface area contributed by atoms with Gasteiger partial charge in [0.15, 0.2) is 26.9 Å². The average Bonchev–Trinajstić information content (AvgIpc) is 3.25. The van der Waals surface area contributed by atoms with Crippen molar-refractivity contribution in [1.29, 1.82) is 0 Å². The molecule has 0 radical (unpaired) electrons. The molecule has 0 atom stereocenters. The molecule has 8 nitrogen and oxygen atoms in total. The van der Waals surface area contributed by atoms with Gasteiger partial charge in [-0.2, -0.15) is 4.98 Å². The first-order valence-electron chi connectivity index (χ1n) is 11.4. The van der Waals surface area contributed by atoms with E-state index in [2.05, 4.69) is 15.2 Å². The zero-order valence-electron chi connectivity index (χ0n) is 19.4. The number of hydrogen-bond donors (Lipinski definition) is 1. The number of nitrogens with one attached hydrogen (secondary N) is 1. The molecule has 34 heavy (non-hydrogen) atoms. The van der Waals surface area contributed by atoms with E-state index in [-0.39, 0.29) is 23.3 Å². The Labute approximate surface area is 199 Å². The van der Waals surface area contributed by atoms with Crippen LogP contribution in [0.2, 0.25) is 0 Å². The molecule has 1 N–H and O–H groups in total. The zero-order valence-corrected chi connectivity index (χ0v) is 20.2. The van der Waals surface area contributed by atoms with Crippen molar-refractivity contribution in [3.05, 3.63) is 42.0 Å². The van der Waals surface area contributed by atoms with Gasteiger partial charge in [-0.1, -0.05) is 13.0 Å². The molecule has 0 bridgehead atoms. The highest BCUT2D eigenvalue weighted by Crippen LogP contribution is 2.29. The highest BCUT2D eigenvalue weighted by atomic mass is 32.2. The Morgan fingerprint density at radius 1 is 1.18 bits per heavy atom. The Morgan fingerprint density at radius 3 is 2.68 bits per heavy atom. The third kappa shape index (κ3) is 5.61. The number of hydrogen-bond acceptors (Lipinski definition) is 8. The highest BCUT2D eigenvalue weighted by molar-refractivity contribution is 7.91. The molecule has 184 valence electrons. The number of likely N-dealkylation sites (tertiary alicyclic amines) is 1. The van der Waals surface area contributed by atoms with Gasteiger partial charge < -0.3 is 19.2 Å². The summed E-state index contributed by atoms with van der Waals surface area (Å²) < 4.78 is 53.3. The first-order chi connectivity index (χ1) is 16.4. The van der Waals surface area contributed by atoms with Crippen molar-refractivity contribution in [3.8, 4) is 11.5 Å². The van der Waals surface area contributed by atoms with Crippen molar-refractivity contribution in [3.63, 3.8) is 0 Å². The Bertz CT molecular complexity index is 1220. The van der Waals surface area contributed by atoms with Gasteiger partial charge in [-0.3, -0.25) is 4.90 Å². The van der Waals surface area contributed by atoms with Crippen molar-refractivity contribution < 1.29 is 26.7 Å². The summed E-state index contributed by atoms with van der Waals surface area (Å²) in [6.07, 6.45) is 1.82. The minimum absolute atomic E-state index is 0.00241. The lowest BCUT2D eigenvalue weighted by molar-refractivity contribution is 0.209. The van der Waals surface area contributed by atoms with E-state index in [1.54, 1.807) is 32.2 Å². The first kappa shape index (κ1) is 24.3. The van der Waals surface area contributed by atoms with Crippen LogP contribution in [0.25, 0.3) is 11.1 Å². The molecule has 0 saturated carbocycles. The summed E-state index contributed by atoms with van der Waals surface area (Å²) in [7, 11) is -1.72. The van der Waals surface area contributed by atoms with E-state index in [1.165, 1.54) is 0 Å². The number of sulfone groups is 1. The lowest BCUT2D eigenvalue weighted by atomic mass is 10.0. The summed E-state index contributed by atoms with van der Waals surface area (Å²) in [6.45, 7) is 3.62. The van der Waals surface area contributed by atoms with Crippen LogP contribution in [0.1, 0.15) is 25.3 Å². The summed E-state index contributed by atoms with van der Waals surface area (Å²) in [5.74, 6) is 1.20. The number of oxazole rings is 1. The molecule has 1 fully saturated rings. The topological polar surface area (TPSA) is 93.9 Å². The summed E-state index contributed by atoms with van der Waals surface area (Å²) >= 11 is 0. The van der Waals surface area contributed by atoms with Crippen LogP contribution in [-0.2, 0) is 16.4 Å². The molecule has 3 aromatic rings. The van der Waals surface area contributed by atoms with Gasteiger partial charge in [-0.25, -0.2) is 12.8 Å². The molecule has 4 rings (SSSR count). The maximum absolute atomic E-state index is 12.5. The molecule has 0 amide bonds. The second-order valence-electron chi connectivity index (χ2n) is 8.27. The van der Waals surface area contributed by atoms with Crippen LogP contribution in [0.3, 0.4) is 0 Å². The Hall–Kier alpha value is -2.85. The Morgan fingerprint density at radius 2 is 1.97 bits per heavy atom. The molecule has 1 saturated heterocycles. The van der Waals surface area contributed by atoms with Crippen LogP contribution < -0.4 is 14.8 Å². The molecule has 1 aliphatic rings. The molecule has 10 heteroatoms. The van der Waals surface area contributed by atoms with E-state index in [1.807, 2.05) is 18.2 Å². The number of anilines is 1. The smallest absolute Gasteiger partial charge is 0.295 e. The zero-order chi connectivity index (χ0) is 24.1. The molecule has 1 aliphatic heterocycles. The molecular weight excluding hydrogens is 461 g/mol. The van der Waals surface area contributed by atoms with Crippen molar-refractivity contribution in [2.45, 2.75) is 37.2 Å². The van der Waals surface area contributed by atoms with Gasteiger partial charge in [-0.15, -0.1) is 0 Å². The molecule has 0 spiro atoms. The third-order valence-corrected chi connectivity index (χ3v) is 7.71. The van der Waals surface area contributed by atoms with E-state index in [0.29, 0.717) is 28.6 Å². The number of nitrogens with zero attached hydrogens (tertiary/aromatic N) is 2. The number of alkyl halides is 1. The summed E-state index contributed by atoms with van der Waals surface area (Å²) in [5.41, 5.74) is 2.16. The highest BCUT2D eigenvalue weighted by Gasteiger charge is 2.22. The lowest BCUT2D eigenvalue weighted by Crippen LogP contribution is -2.38. The van der Waals surface area contributed by atoms with Gasteiger partial charge in [-0.05, 0) is 48.7 Å². The largest absolute Gasteiger partial charge is 0.493 e. The number of fused-ring (bicyclic) bond motifs is 1. The predicted octanol–water partition coefficient (Wildman–Crippen LogP) is 4.05. The van der Waals surface area contributed by atoms with Gasteiger partial charge in [0, 0.05) is 25.7 Å². The van der Waals surface area contributed by atoms with Gasteiger partial charge in [0.25, 0.3) is 6.01 Å². The van der Waals surface area contributed by atoms with E-state index in [0.717, 1.165) is 38.0 Å². The van der Waals surface area contributed by atoms with Gasteiger partial charge in [0.05, 0.1) is 17.8 Å². The summed E-state index contributed by atoms with van der Waals surface area (Å²) in [6, 6.07) is 11.1. The van der Waals surface area contributed by atoms with Crippen LogP contribution in [0.15, 0.2) is 45.7 Å².